The molecule has 0 bridgehead atoms. The third-order valence-electron chi connectivity index (χ3n) is 2.87. The molecule has 0 fully saturated rings. The van der Waals surface area contributed by atoms with Crippen LogP contribution in [0.15, 0.2) is 39.7 Å². The molecule has 21 heavy (non-hydrogen) atoms. The predicted molar refractivity (Wildman–Crippen MR) is 85.8 cm³/mol. The molecule has 2 aromatic rings. The summed E-state index contributed by atoms with van der Waals surface area (Å²) in [4.78, 5) is 0.0655. The summed E-state index contributed by atoms with van der Waals surface area (Å²) in [7, 11) is -3.84. The molecule has 3 nitrogen and oxygen atoms in total. The summed E-state index contributed by atoms with van der Waals surface area (Å²) in [5.41, 5.74) is 1.02. The lowest BCUT2D eigenvalue weighted by Crippen LogP contribution is -2.16. The van der Waals surface area contributed by atoms with Crippen LogP contribution in [0.5, 0.6) is 0 Å². The van der Waals surface area contributed by atoms with E-state index in [9.17, 15) is 12.8 Å². The van der Waals surface area contributed by atoms with Gasteiger partial charge in [0.1, 0.15) is 5.82 Å². The highest BCUT2D eigenvalue weighted by molar-refractivity contribution is 9.10. The van der Waals surface area contributed by atoms with Gasteiger partial charge in [0.25, 0.3) is 10.0 Å². The molecule has 0 radical (unpaired) electrons. The lowest BCUT2D eigenvalue weighted by Gasteiger charge is -2.14. The standard InChI is InChI=1S/C14H12BrClFNO2S/c1-8-5-11(17)6-9(2)14(8)21(19,20)18-13-7-10(16)3-4-12(13)15/h3-7,18H,1-2H3. The molecule has 2 rings (SSSR count). The fraction of sp³-hybridized carbons (Fsp3) is 0.143. The molecule has 112 valence electrons. The molecule has 0 aliphatic rings. The van der Waals surface area contributed by atoms with Crippen molar-refractivity contribution in [3.05, 3.63) is 56.8 Å². The summed E-state index contributed by atoms with van der Waals surface area (Å²) in [5.74, 6) is -0.465. The zero-order valence-corrected chi connectivity index (χ0v) is 14.4. The van der Waals surface area contributed by atoms with E-state index in [2.05, 4.69) is 20.7 Å². The third-order valence-corrected chi connectivity index (χ3v) is 5.46. The van der Waals surface area contributed by atoms with Gasteiger partial charge in [0.15, 0.2) is 0 Å². The first-order chi connectivity index (χ1) is 9.70. The van der Waals surface area contributed by atoms with Gasteiger partial charge in [-0.05, 0) is 71.2 Å². The van der Waals surface area contributed by atoms with Crippen molar-refractivity contribution in [2.75, 3.05) is 4.72 Å². The average molecular weight is 393 g/mol. The zero-order valence-electron chi connectivity index (χ0n) is 11.2. The van der Waals surface area contributed by atoms with Gasteiger partial charge in [-0.3, -0.25) is 4.72 Å². The van der Waals surface area contributed by atoms with Gasteiger partial charge in [0.05, 0.1) is 10.6 Å². The first-order valence-electron chi connectivity index (χ1n) is 5.95. The molecule has 0 aromatic heterocycles. The van der Waals surface area contributed by atoms with Crippen molar-refractivity contribution in [3.63, 3.8) is 0 Å². The minimum Gasteiger partial charge on any atom is -0.278 e. The topological polar surface area (TPSA) is 46.2 Å². The number of benzene rings is 2. The molecule has 7 heteroatoms. The molecule has 0 amide bonds. The van der Waals surface area contributed by atoms with Gasteiger partial charge in [-0.1, -0.05) is 11.6 Å². The van der Waals surface area contributed by atoms with Crippen molar-refractivity contribution in [2.24, 2.45) is 0 Å². The van der Waals surface area contributed by atoms with Crippen LogP contribution in [-0.4, -0.2) is 8.42 Å². The Morgan fingerprint density at radius 2 is 1.71 bits per heavy atom. The molecule has 0 saturated carbocycles. The van der Waals surface area contributed by atoms with Gasteiger partial charge in [-0.15, -0.1) is 0 Å². The van der Waals surface area contributed by atoms with Crippen LogP contribution in [0.2, 0.25) is 5.02 Å². The quantitative estimate of drug-likeness (QED) is 0.826. The van der Waals surface area contributed by atoms with E-state index >= 15 is 0 Å². The summed E-state index contributed by atoms with van der Waals surface area (Å²) in [5, 5.41) is 0.406. The van der Waals surface area contributed by atoms with Crippen LogP contribution in [0.1, 0.15) is 11.1 Å². The van der Waals surface area contributed by atoms with Crippen molar-refractivity contribution in [1.29, 1.82) is 0 Å². The SMILES string of the molecule is Cc1cc(F)cc(C)c1S(=O)(=O)Nc1cc(Cl)ccc1Br. The number of rotatable bonds is 3. The van der Waals surface area contributed by atoms with Crippen molar-refractivity contribution >= 4 is 43.2 Å². The summed E-state index contributed by atoms with van der Waals surface area (Å²) < 4.78 is 41.4. The second-order valence-electron chi connectivity index (χ2n) is 4.60. The number of halogens is 3. The normalized spacial score (nSPS) is 11.5. The zero-order chi connectivity index (χ0) is 15.8. The first-order valence-corrected chi connectivity index (χ1v) is 8.61. The Morgan fingerprint density at radius 1 is 1.14 bits per heavy atom. The highest BCUT2D eigenvalue weighted by Crippen LogP contribution is 2.30. The van der Waals surface area contributed by atoms with Gasteiger partial charge < -0.3 is 0 Å². The summed E-state index contributed by atoms with van der Waals surface area (Å²) in [6.07, 6.45) is 0. The van der Waals surface area contributed by atoms with Gasteiger partial charge >= 0.3 is 0 Å². The third kappa shape index (κ3) is 3.56. The molecule has 0 aliphatic carbocycles. The average Bonchev–Trinajstić information content (AvgIpc) is 2.31. The largest absolute Gasteiger partial charge is 0.278 e. The van der Waals surface area contributed by atoms with E-state index in [0.29, 0.717) is 26.3 Å². The molecule has 0 heterocycles. The van der Waals surface area contributed by atoms with Crippen LogP contribution in [0.3, 0.4) is 0 Å². The van der Waals surface area contributed by atoms with Gasteiger partial charge in [0.2, 0.25) is 0 Å². The van der Waals surface area contributed by atoms with Crippen LogP contribution >= 0.6 is 27.5 Å². The lowest BCUT2D eigenvalue weighted by molar-refractivity contribution is 0.597. The summed E-state index contributed by atoms with van der Waals surface area (Å²) >= 11 is 9.13. The number of sulfonamides is 1. The molecule has 1 N–H and O–H groups in total. The Bertz CT molecular complexity index is 786. The molecule has 0 unspecified atom stereocenters. The highest BCUT2D eigenvalue weighted by Gasteiger charge is 2.21. The molecule has 0 atom stereocenters. The monoisotopic (exact) mass is 391 g/mol. The number of hydrogen-bond acceptors (Lipinski definition) is 2. The van der Waals surface area contributed by atoms with Gasteiger partial charge in [0, 0.05) is 9.50 Å². The highest BCUT2D eigenvalue weighted by atomic mass is 79.9. The van der Waals surface area contributed by atoms with Crippen molar-refractivity contribution < 1.29 is 12.8 Å². The van der Waals surface area contributed by atoms with E-state index in [0.717, 1.165) is 0 Å². The Labute approximate surface area is 136 Å². The smallest absolute Gasteiger partial charge is 0.262 e. The van der Waals surface area contributed by atoms with Crippen LogP contribution in [0, 0.1) is 19.7 Å². The van der Waals surface area contributed by atoms with E-state index in [1.807, 2.05) is 0 Å². The number of hydrogen-bond donors (Lipinski definition) is 1. The van der Waals surface area contributed by atoms with Crippen molar-refractivity contribution in [2.45, 2.75) is 18.7 Å². The number of anilines is 1. The molecule has 0 spiro atoms. The molecule has 0 aliphatic heterocycles. The fourth-order valence-corrected chi connectivity index (χ4v) is 4.27. The van der Waals surface area contributed by atoms with E-state index < -0.39 is 15.8 Å². The Kier molecular flexibility index (Phi) is 4.60. The van der Waals surface area contributed by atoms with Crippen LogP contribution < -0.4 is 4.72 Å². The molecule has 2 aromatic carbocycles. The minimum absolute atomic E-state index is 0.0655. The second kappa shape index (κ2) is 5.94. The van der Waals surface area contributed by atoms with Crippen LogP contribution in [0.4, 0.5) is 10.1 Å². The Morgan fingerprint density at radius 3 is 2.29 bits per heavy atom. The number of aryl methyl sites for hydroxylation is 2. The maximum atomic E-state index is 13.3. The van der Waals surface area contributed by atoms with E-state index in [-0.39, 0.29) is 4.90 Å². The molecule has 0 saturated heterocycles. The Hall–Kier alpha value is -1.11. The summed E-state index contributed by atoms with van der Waals surface area (Å²) in [6.45, 7) is 3.11. The predicted octanol–water partition coefficient (Wildman–Crippen LogP) is 4.66. The molecular formula is C14H12BrClFNO2S. The first kappa shape index (κ1) is 16.3. The lowest BCUT2D eigenvalue weighted by atomic mass is 10.1. The molecular weight excluding hydrogens is 381 g/mol. The Balaban J connectivity index is 2.51. The van der Waals surface area contributed by atoms with E-state index in [1.165, 1.54) is 18.2 Å². The van der Waals surface area contributed by atoms with Gasteiger partial charge in [-0.2, -0.15) is 0 Å². The van der Waals surface area contributed by atoms with Gasteiger partial charge in [-0.25, -0.2) is 12.8 Å². The van der Waals surface area contributed by atoms with E-state index in [4.69, 9.17) is 11.6 Å². The summed E-state index contributed by atoms with van der Waals surface area (Å²) in [6, 6.07) is 7.16. The maximum Gasteiger partial charge on any atom is 0.262 e. The maximum absolute atomic E-state index is 13.3. The van der Waals surface area contributed by atoms with Crippen LogP contribution in [0.25, 0.3) is 0 Å². The van der Waals surface area contributed by atoms with Crippen molar-refractivity contribution in [3.8, 4) is 0 Å². The minimum atomic E-state index is -3.84. The number of nitrogens with one attached hydrogen (secondary N) is 1. The fourth-order valence-electron chi connectivity index (χ4n) is 2.09. The van der Waals surface area contributed by atoms with Crippen molar-refractivity contribution in [1.82, 2.24) is 0 Å². The van der Waals surface area contributed by atoms with E-state index in [1.54, 1.807) is 26.0 Å². The second-order valence-corrected chi connectivity index (χ2v) is 7.51. The van der Waals surface area contributed by atoms with Crippen LogP contribution in [-0.2, 0) is 10.0 Å².